The Bertz CT molecular complexity index is 575. The first-order valence-electron chi connectivity index (χ1n) is 5.20. The number of nitro benzene ring substituents is 1. The van der Waals surface area contributed by atoms with E-state index in [0.29, 0.717) is 6.07 Å². The minimum atomic E-state index is -3.89. The van der Waals surface area contributed by atoms with E-state index in [9.17, 15) is 22.9 Å². The lowest BCUT2D eigenvalue weighted by Crippen LogP contribution is -2.30. The molecular formula is C10H13FN2O5S. The Labute approximate surface area is 109 Å². The van der Waals surface area contributed by atoms with Gasteiger partial charge in [0.2, 0.25) is 15.8 Å². The Morgan fingerprint density at radius 1 is 1.47 bits per heavy atom. The van der Waals surface area contributed by atoms with E-state index < -0.39 is 26.5 Å². The average Bonchev–Trinajstić information content (AvgIpc) is 2.35. The van der Waals surface area contributed by atoms with E-state index in [0.717, 1.165) is 16.4 Å². The molecule has 106 valence electrons. The summed E-state index contributed by atoms with van der Waals surface area (Å²) >= 11 is 0. The molecule has 0 radical (unpaired) electrons. The maximum Gasteiger partial charge on any atom is 0.304 e. The molecule has 0 N–H and O–H groups in total. The van der Waals surface area contributed by atoms with Crippen LogP contribution in [0.3, 0.4) is 0 Å². The molecule has 0 fully saturated rings. The first-order valence-corrected chi connectivity index (χ1v) is 6.64. The number of methoxy groups -OCH3 is 1. The average molecular weight is 292 g/mol. The summed E-state index contributed by atoms with van der Waals surface area (Å²) in [5.74, 6) is -1.19. The molecule has 0 saturated heterocycles. The molecule has 0 aromatic heterocycles. The quantitative estimate of drug-likeness (QED) is 0.576. The van der Waals surface area contributed by atoms with Gasteiger partial charge in [0.15, 0.2) is 0 Å². The molecule has 1 rings (SSSR count). The summed E-state index contributed by atoms with van der Waals surface area (Å²) in [6.45, 7) is 0.280. The van der Waals surface area contributed by atoms with E-state index in [1.54, 1.807) is 0 Å². The van der Waals surface area contributed by atoms with Gasteiger partial charge in [0.25, 0.3) is 0 Å². The van der Waals surface area contributed by atoms with Gasteiger partial charge in [-0.25, -0.2) is 8.42 Å². The number of likely N-dealkylation sites (N-methyl/N-ethyl adjacent to an activating group) is 1. The molecule has 0 bridgehead atoms. The molecule has 0 saturated carbocycles. The maximum absolute atomic E-state index is 13.4. The van der Waals surface area contributed by atoms with E-state index in [2.05, 4.69) is 0 Å². The number of hydrogen-bond donors (Lipinski definition) is 0. The fourth-order valence-corrected chi connectivity index (χ4v) is 2.48. The second kappa shape index (κ2) is 6.04. The van der Waals surface area contributed by atoms with Crippen LogP contribution >= 0.6 is 0 Å². The molecule has 19 heavy (non-hydrogen) atoms. The molecule has 0 aliphatic heterocycles. The number of sulfonamides is 1. The van der Waals surface area contributed by atoms with Crippen molar-refractivity contribution in [2.75, 3.05) is 27.3 Å². The first-order chi connectivity index (χ1) is 8.80. The number of ether oxygens (including phenoxy) is 1. The van der Waals surface area contributed by atoms with Gasteiger partial charge >= 0.3 is 5.69 Å². The largest absolute Gasteiger partial charge is 0.383 e. The van der Waals surface area contributed by atoms with Crippen molar-refractivity contribution in [1.82, 2.24) is 4.31 Å². The van der Waals surface area contributed by atoms with Crippen molar-refractivity contribution in [2.45, 2.75) is 4.90 Å². The zero-order valence-electron chi connectivity index (χ0n) is 10.4. The smallest absolute Gasteiger partial charge is 0.304 e. The Hall–Kier alpha value is -1.58. The molecule has 0 spiro atoms. The van der Waals surface area contributed by atoms with Gasteiger partial charge in [-0.2, -0.15) is 8.70 Å². The molecular weight excluding hydrogens is 279 g/mol. The van der Waals surface area contributed by atoms with Crippen LogP contribution in [0.2, 0.25) is 0 Å². The van der Waals surface area contributed by atoms with Gasteiger partial charge in [-0.15, -0.1) is 0 Å². The fourth-order valence-electron chi connectivity index (χ4n) is 1.32. The van der Waals surface area contributed by atoms with Gasteiger partial charge in [0.05, 0.1) is 16.4 Å². The minimum Gasteiger partial charge on any atom is -0.383 e. The number of rotatable bonds is 6. The highest BCUT2D eigenvalue weighted by Crippen LogP contribution is 2.22. The molecule has 0 unspecified atom stereocenters. The summed E-state index contributed by atoms with van der Waals surface area (Å²) in [6, 6.07) is 2.46. The number of hydrogen-bond acceptors (Lipinski definition) is 5. The zero-order chi connectivity index (χ0) is 14.6. The standard InChI is InChI=1S/C10H13FN2O5S/c1-12(5-6-18-2)19(16,17)8-3-4-10(13(14)15)9(11)7-8/h3-4,7H,5-6H2,1-2H3. The van der Waals surface area contributed by atoms with Crippen molar-refractivity contribution in [3.8, 4) is 0 Å². The monoisotopic (exact) mass is 292 g/mol. The molecule has 0 aliphatic rings. The molecule has 7 nitrogen and oxygen atoms in total. The van der Waals surface area contributed by atoms with Gasteiger partial charge in [0, 0.05) is 32.8 Å². The van der Waals surface area contributed by atoms with Crippen molar-refractivity contribution in [3.63, 3.8) is 0 Å². The highest BCUT2D eigenvalue weighted by molar-refractivity contribution is 7.89. The molecule has 1 aromatic rings. The van der Waals surface area contributed by atoms with E-state index in [4.69, 9.17) is 4.74 Å². The lowest BCUT2D eigenvalue weighted by atomic mass is 10.3. The van der Waals surface area contributed by atoms with Crippen molar-refractivity contribution < 1.29 is 22.5 Å². The fraction of sp³-hybridized carbons (Fsp3) is 0.400. The number of nitro groups is 1. The Morgan fingerprint density at radius 3 is 2.58 bits per heavy atom. The predicted molar refractivity (Wildman–Crippen MR) is 64.7 cm³/mol. The summed E-state index contributed by atoms with van der Waals surface area (Å²) in [7, 11) is -1.15. The van der Waals surface area contributed by atoms with Gasteiger partial charge in [-0.1, -0.05) is 0 Å². The number of benzene rings is 1. The predicted octanol–water partition coefficient (Wildman–Crippen LogP) is 1.00. The Balaban J connectivity index is 3.09. The summed E-state index contributed by atoms with van der Waals surface area (Å²) < 4.78 is 43.1. The molecule has 9 heteroatoms. The van der Waals surface area contributed by atoms with Gasteiger partial charge in [-0.3, -0.25) is 10.1 Å². The SMILES string of the molecule is COCCN(C)S(=O)(=O)c1ccc([N+](=O)[O-])c(F)c1. The van der Waals surface area contributed by atoms with Crippen molar-refractivity contribution in [3.05, 3.63) is 34.1 Å². The third-order valence-electron chi connectivity index (χ3n) is 2.43. The van der Waals surface area contributed by atoms with Gasteiger partial charge < -0.3 is 4.74 Å². The second-order valence-electron chi connectivity index (χ2n) is 3.69. The second-order valence-corrected chi connectivity index (χ2v) is 5.73. The Kier molecular flexibility index (Phi) is 4.92. The van der Waals surface area contributed by atoms with E-state index in [1.165, 1.54) is 14.2 Å². The van der Waals surface area contributed by atoms with E-state index >= 15 is 0 Å². The summed E-state index contributed by atoms with van der Waals surface area (Å²) in [5, 5.41) is 10.4. The van der Waals surface area contributed by atoms with Crippen molar-refractivity contribution >= 4 is 15.7 Å². The van der Waals surface area contributed by atoms with Gasteiger partial charge in [0.1, 0.15) is 0 Å². The van der Waals surface area contributed by atoms with Crippen LogP contribution in [0.4, 0.5) is 10.1 Å². The summed E-state index contributed by atoms with van der Waals surface area (Å²) in [4.78, 5) is 9.19. The van der Waals surface area contributed by atoms with Crippen molar-refractivity contribution in [2.24, 2.45) is 0 Å². The third-order valence-corrected chi connectivity index (χ3v) is 4.29. The van der Waals surface area contributed by atoms with Gasteiger partial charge in [-0.05, 0) is 6.07 Å². The van der Waals surface area contributed by atoms with Crippen LogP contribution in [0.5, 0.6) is 0 Å². The van der Waals surface area contributed by atoms with Crippen molar-refractivity contribution in [1.29, 1.82) is 0 Å². The maximum atomic E-state index is 13.4. The highest BCUT2D eigenvalue weighted by Gasteiger charge is 2.24. The molecule has 1 aromatic carbocycles. The van der Waals surface area contributed by atoms with Crippen LogP contribution in [0.25, 0.3) is 0 Å². The highest BCUT2D eigenvalue weighted by atomic mass is 32.2. The molecule has 0 atom stereocenters. The van der Waals surface area contributed by atoms with Crippen LogP contribution in [-0.2, 0) is 14.8 Å². The van der Waals surface area contributed by atoms with Crippen LogP contribution in [0.1, 0.15) is 0 Å². The summed E-state index contributed by atoms with van der Waals surface area (Å²) in [5.41, 5.74) is -0.765. The third kappa shape index (κ3) is 3.46. The van der Waals surface area contributed by atoms with Crippen LogP contribution in [0.15, 0.2) is 23.1 Å². The number of nitrogens with zero attached hydrogens (tertiary/aromatic N) is 2. The molecule has 0 heterocycles. The van der Waals surface area contributed by atoms with E-state index in [1.807, 2.05) is 0 Å². The van der Waals surface area contributed by atoms with Crippen LogP contribution < -0.4 is 0 Å². The molecule has 0 amide bonds. The van der Waals surface area contributed by atoms with Crippen LogP contribution in [-0.4, -0.2) is 45.0 Å². The normalized spacial score (nSPS) is 11.8. The topological polar surface area (TPSA) is 89.8 Å². The van der Waals surface area contributed by atoms with Crippen LogP contribution in [0, 0.1) is 15.9 Å². The number of halogens is 1. The van der Waals surface area contributed by atoms with E-state index in [-0.39, 0.29) is 18.0 Å². The summed E-state index contributed by atoms with van der Waals surface area (Å²) in [6.07, 6.45) is 0. The molecule has 0 aliphatic carbocycles. The minimum absolute atomic E-state index is 0.0947. The lowest BCUT2D eigenvalue weighted by Gasteiger charge is -2.16. The first kappa shape index (κ1) is 15.5. The zero-order valence-corrected chi connectivity index (χ0v) is 11.2. The lowest BCUT2D eigenvalue weighted by molar-refractivity contribution is -0.387. The Morgan fingerprint density at radius 2 is 2.11 bits per heavy atom.